The minimum Gasteiger partial charge on any atom is -0.487 e. The number of nitro benzene ring substituents is 1. The Balaban J connectivity index is 3.03. The summed E-state index contributed by atoms with van der Waals surface area (Å²) in [5, 5.41) is 31.1. The second-order valence-corrected chi connectivity index (χ2v) is 3.47. The Morgan fingerprint density at radius 1 is 1.43 bits per heavy atom. The molecule has 1 aromatic carbocycles. The predicted octanol–water partition coefficient (Wildman–Crippen LogP) is 2.05. The van der Waals surface area contributed by atoms with Crippen LogP contribution in [0.25, 0.3) is 0 Å². The van der Waals surface area contributed by atoms with E-state index in [2.05, 4.69) is 15.3 Å². The molecule has 10 heteroatoms. The molecule has 0 aliphatic heterocycles. The molecule has 0 amide bonds. The van der Waals surface area contributed by atoms with E-state index < -0.39 is 29.4 Å². The molecule has 0 unspecified atom stereocenters. The minimum absolute atomic E-state index is 0.0106. The molecule has 0 fully saturated rings. The Bertz CT molecular complexity index is 632. The van der Waals surface area contributed by atoms with Gasteiger partial charge in [0.15, 0.2) is 0 Å². The standard InChI is InChI=1S/C11H7F2N5O3/c12-11(13)6-21-10-2-7(1-9(3-10)18(19)20)16-17-8(4-14)5-15/h1-3,11,16H,6H2. The average Bonchev–Trinajstić information content (AvgIpc) is 2.46. The van der Waals surface area contributed by atoms with E-state index in [1.807, 2.05) is 0 Å². The van der Waals surface area contributed by atoms with Gasteiger partial charge in [-0.2, -0.15) is 15.6 Å². The van der Waals surface area contributed by atoms with E-state index in [-0.39, 0.29) is 11.4 Å². The van der Waals surface area contributed by atoms with Crippen LogP contribution in [-0.2, 0) is 0 Å². The van der Waals surface area contributed by atoms with Crippen LogP contribution in [0.4, 0.5) is 20.2 Å². The predicted molar refractivity (Wildman–Crippen MR) is 66.9 cm³/mol. The first-order chi connectivity index (χ1) is 9.96. The van der Waals surface area contributed by atoms with Gasteiger partial charge < -0.3 is 4.74 Å². The molecular weight excluding hydrogens is 288 g/mol. The van der Waals surface area contributed by atoms with Gasteiger partial charge in [-0.15, -0.1) is 0 Å². The van der Waals surface area contributed by atoms with Crippen LogP contribution in [-0.4, -0.2) is 23.7 Å². The van der Waals surface area contributed by atoms with Crippen molar-refractivity contribution in [3.8, 4) is 17.9 Å². The van der Waals surface area contributed by atoms with Crippen LogP contribution < -0.4 is 10.2 Å². The number of hydrogen-bond acceptors (Lipinski definition) is 7. The number of anilines is 1. The molecule has 0 aliphatic rings. The fourth-order valence-corrected chi connectivity index (χ4v) is 1.19. The van der Waals surface area contributed by atoms with E-state index in [4.69, 9.17) is 10.5 Å². The molecule has 8 nitrogen and oxygen atoms in total. The average molecular weight is 295 g/mol. The van der Waals surface area contributed by atoms with Gasteiger partial charge in [-0.3, -0.25) is 15.5 Å². The smallest absolute Gasteiger partial charge is 0.275 e. The lowest BCUT2D eigenvalue weighted by Gasteiger charge is -2.07. The lowest BCUT2D eigenvalue weighted by Crippen LogP contribution is -2.07. The van der Waals surface area contributed by atoms with Gasteiger partial charge in [0, 0.05) is 12.1 Å². The van der Waals surface area contributed by atoms with Crippen molar-refractivity contribution in [1.29, 1.82) is 10.5 Å². The third-order valence-electron chi connectivity index (χ3n) is 1.99. The van der Waals surface area contributed by atoms with Gasteiger partial charge in [-0.1, -0.05) is 0 Å². The summed E-state index contributed by atoms with van der Waals surface area (Å²) >= 11 is 0. The molecule has 0 bridgehead atoms. The fraction of sp³-hybridized carbons (Fsp3) is 0.182. The lowest BCUT2D eigenvalue weighted by molar-refractivity contribution is -0.384. The van der Waals surface area contributed by atoms with Crippen molar-refractivity contribution < 1.29 is 18.4 Å². The van der Waals surface area contributed by atoms with Gasteiger partial charge in [-0.25, -0.2) is 8.78 Å². The normalized spacial score (nSPS) is 9.38. The first-order valence-electron chi connectivity index (χ1n) is 5.30. The topological polar surface area (TPSA) is 124 Å². The van der Waals surface area contributed by atoms with Crippen molar-refractivity contribution in [3.63, 3.8) is 0 Å². The van der Waals surface area contributed by atoms with Crippen LogP contribution in [0.1, 0.15) is 0 Å². The van der Waals surface area contributed by atoms with E-state index in [0.717, 1.165) is 12.1 Å². The van der Waals surface area contributed by atoms with Crippen molar-refractivity contribution in [2.75, 3.05) is 12.0 Å². The third kappa shape index (κ3) is 5.08. The van der Waals surface area contributed by atoms with Gasteiger partial charge in [-0.05, 0) is 0 Å². The Labute approximate surface area is 117 Å². The van der Waals surface area contributed by atoms with Crippen molar-refractivity contribution in [2.45, 2.75) is 6.43 Å². The summed E-state index contributed by atoms with van der Waals surface area (Å²) in [5.74, 6) is -0.169. The highest BCUT2D eigenvalue weighted by Gasteiger charge is 2.12. The van der Waals surface area contributed by atoms with Crippen molar-refractivity contribution >= 4 is 17.1 Å². The number of rotatable bonds is 6. The Hall–Kier alpha value is -3.27. The maximum atomic E-state index is 12.1. The SMILES string of the molecule is N#CC(C#N)=NNc1cc(OCC(F)F)cc([N+](=O)[O-])c1. The zero-order chi connectivity index (χ0) is 15.8. The molecular formula is C11H7F2N5O3. The molecule has 21 heavy (non-hydrogen) atoms. The number of hydrazone groups is 1. The number of ether oxygens (including phenoxy) is 1. The number of nitriles is 2. The number of hydrogen-bond donors (Lipinski definition) is 1. The number of nitrogens with one attached hydrogen (secondary N) is 1. The number of nitro groups is 1. The number of nitrogens with zero attached hydrogens (tertiary/aromatic N) is 4. The quantitative estimate of drug-likeness (QED) is 0.486. The van der Waals surface area contributed by atoms with Crippen LogP contribution in [0.5, 0.6) is 5.75 Å². The molecule has 0 saturated carbocycles. The van der Waals surface area contributed by atoms with Crippen molar-refractivity contribution in [3.05, 3.63) is 28.3 Å². The first kappa shape index (κ1) is 15.8. The summed E-state index contributed by atoms with van der Waals surface area (Å²) in [6, 6.07) is 6.14. The van der Waals surface area contributed by atoms with Crippen LogP contribution in [0.15, 0.2) is 23.3 Å². The number of alkyl halides is 2. The number of non-ortho nitro benzene ring substituents is 1. The molecule has 0 radical (unpaired) electrons. The molecule has 1 N–H and O–H groups in total. The van der Waals surface area contributed by atoms with Crippen LogP contribution >= 0.6 is 0 Å². The Kier molecular flexibility index (Phi) is 5.53. The van der Waals surface area contributed by atoms with Crippen molar-refractivity contribution in [1.82, 2.24) is 0 Å². The van der Waals surface area contributed by atoms with Gasteiger partial charge in [0.05, 0.1) is 16.7 Å². The van der Waals surface area contributed by atoms with Crippen LogP contribution in [0.2, 0.25) is 0 Å². The van der Waals surface area contributed by atoms with E-state index >= 15 is 0 Å². The Morgan fingerprint density at radius 2 is 2.10 bits per heavy atom. The monoisotopic (exact) mass is 295 g/mol. The summed E-state index contributed by atoms with van der Waals surface area (Å²) in [6.07, 6.45) is -2.73. The molecule has 0 saturated heterocycles. The molecule has 108 valence electrons. The van der Waals surface area contributed by atoms with Crippen LogP contribution in [0, 0.1) is 32.8 Å². The summed E-state index contributed by atoms with van der Waals surface area (Å²) < 4.78 is 28.8. The second-order valence-electron chi connectivity index (χ2n) is 3.47. The van der Waals surface area contributed by atoms with E-state index in [9.17, 15) is 18.9 Å². The molecule has 1 rings (SSSR count). The minimum atomic E-state index is -2.73. The number of benzene rings is 1. The highest BCUT2D eigenvalue weighted by atomic mass is 19.3. The maximum Gasteiger partial charge on any atom is 0.275 e. The zero-order valence-corrected chi connectivity index (χ0v) is 10.3. The van der Waals surface area contributed by atoms with Gasteiger partial charge >= 0.3 is 0 Å². The van der Waals surface area contributed by atoms with Crippen LogP contribution in [0.3, 0.4) is 0 Å². The van der Waals surface area contributed by atoms with Gasteiger partial charge in [0.2, 0.25) is 5.71 Å². The largest absolute Gasteiger partial charge is 0.487 e. The van der Waals surface area contributed by atoms with Crippen molar-refractivity contribution in [2.24, 2.45) is 5.10 Å². The lowest BCUT2D eigenvalue weighted by atomic mass is 10.2. The summed E-state index contributed by atoms with van der Waals surface area (Å²) in [5.41, 5.74) is 1.33. The first-order valence-corrected chi connectivity index (χ1v) is 5.30. The second kappa shape index (κ2) is 7.35. The third-order valence-corrected chi connectivity index (χ3v) is 1.99. The summed E-state index contributed by atoms with van der Waals surface area (Å²) in [4.78, 5) is 9.98. The highest BCUT2D eigenvalue weighted by Crippen LogP contribution is 2.26. The summed E-state index contributed by atoms with van der Waals surface area (Å²) in [6.45, 7) is -0.925. The molecule has 0 aromatic heterocycles. The molecule has 0 atom stereocenters. The van der Waals surface area contributed by atoms with Gasteiger partial charge in [0.1, 0.15) is 24.5 Å². The maximum absolute atomic E-state index is 12.1. The van der Waals surface area contributed by atoms with Gasteiger partial charge in [0.25, 0.3) is 12.1 Å². The summed E-state index contributed by atoms with van der Waals surface area (Å²) in [7, 11) is 0. The molecule has 0 heterocycles. The fourth-order valence-electron chi connectivity index (χ4n) is 1.19. The van der Waals surface area contributed by atoms with E-state index in [1.54, 1.807) is 0 Å². The highest BCUT2D eigenvalue weighted by molar-refractivity contribution is 6.10. The van der Waals surface area contributed by atoms with E-state index in [1.165, 1.54) is 18.2 Å². The molecule has 0 spiro atoms. The Morgan fingerprint density at radius 3 is 2.62 bits per heavy atom. The zero-order valence-electron chi connectivity index (χ0n) is 10.3. The molecule has 0 aliphatic carbocycles. The molecule has 1 aromatic rings. The van der Waals surface area contributed by atoms with E-state index in [0.29, 0.717) is 0 Å². The number of halogens is 2.